The maximum absolute atomic E-state index is 14.1. The van der Waals surface area contributed by atoms with Crippen LogP contribution in [0.1, 0.15) is 27.6 Å². The Morgan fingerprint density at radius 2 is 1.76 bits per heavy atom. The van der Waals surface area contributed by atoms with E-state index in [2.05, 4.69) is 55.5 Å². The third kappa shape index (κ3) is 4.22. The van der Waals surface area contributed by atoms with Crippen molar-refractivity contribution in [1.82, 2.24) is 25.1 Å². The first-order chi connectivity index (χ1) is 20.0. The number of aromatic amines is 1. The van der Waals surface area contributed by atoms with Crippen molar-refractivity contribution in [3.05, 3.63) is 120 Å². The second-order valence-corrected chi connectivity index (χ2v) is 10.2. The first kappa shape index (κ1) is 24.7. The number of hydrogen-bond acceptors (Lipinski definition) is 4. The summed E-state index contributed by atoms with van der Waals surface area (Å²) in [4.78, 5) is 32.6. The molecule has 6 aromatic rings. The molecule has 2 N–H and O–H groups in total. The summed E-state index contributed by atoms with van der Waals surface area (Å²) in [6, 6.07) is 25.9. The molecule has 1 aliphatic rings. The van der Waals surface area contributed by atoms with Gasteiger partial charge in [-0.1, -0.05) is 60.7 Å². The van der Waals surface area contributed by atoms with Crippen molar-refractivity contribution >= 4 is 39.2 Å². The van der Waals surface area contributed by atoms with E-state index in [4.69, 9.17) is 0 Å². The SMILES string of the molecule is CN1C(=O)[C@@H](NC(=O)c2n[nH]c(Cc3ccccc3F)n2)Cc2cn(-c3cccc4ccccc34)c3cccc1c23. The Kier molecular flexibility index (Phi) is 5.85. The standard InChI is InChI=1S/C32H25FN6O2/c1-38-26-14-7-15-27-29(26)21(18-39(27)25-13-6-10-19-8-2-4-11-22(19)25)16-24(32(38)41)34-31(40)30-35-28(36-37-30)17-20-9-3-5-12-23(20)33/h2-15,18,24H,16-17H2,1H3,(H,34,40)(H,35,36,37)/t24-/m0/s1. The van der Waals surface area contributed by atoms with E-state index < -0.39 is 11.9 Å². The number of halogens is 1. The Balaban J connectivity index is 1.21. The molecule has 2 aromatic heterocycles. The van der Waals surface area contributed by atoms with Gasteiger partial charge in [-0.25, -0.2) is 9.37 Å². The van der Waals surface area contributed by atoms with Crippen LogP contribution in [0.2, 0.25) is 0 Å². The van der Waals surface area contributed by atoms with Gasteiger partial charge in [0.2, 0.25) is 11.7 Å². The molecular weight excluding hydrogens is 519 g/mol. The van der Waals surface area contributed by atoms with E-state index >= 15 is 0 Å². The number of fused-ring (bicyclic) bond motifs is 1. The van der Waals surface area contributed by atoms with Crippen molar-refractivity contribution in [1.29, 1.82) is 0 Å². The van der Waals surface area contributed by atoms with Gasteiger partial charge in [-0.2, -0.15) is 0 Å². The van der Waals surface area contributed by atoms with Crippen molar-refractivity contribution in [2.24, 2.45) is 0 Å². The summed E-state index contributed by atoms with van der Waals surface area (Å²) in [6.07, 6.45) is 2.51. The van der Waals surface area contributed by atoms with E-state index in [1.807, 2.05) is 36.4 Å². The van der Waals surface area contributed by atoms with E-state index in [9.17, 15) is 14.0 Å². The molecule has 0 fully saturated rings. The van der Waals surface area contributed by atoms with E-state index in [-0.39, 0.29) is 24.0 Å². The number of nitrogens with zero attached hydrogens (tertiary/aromatic N) is 4. The monoisotopic (exact) mass is 544 g/mol. The van der Waals surface area contributed by atoms with Gasteiger partial charge in [-0.15, -0.1) is 5.10 Å². The van der Waals surface area contributed by atoms with Gasteiger partial charge in [0, 0.05) is 36.9 Å². The highest BCUT2D eigenvalue weighted by molar-refractivity contribution is 6.10. The van der Waals surface area contributed by atoms with Crippen LogP contribution in [0.5, 0.6) is 0 Å². The van der Waals surface area contributed by atoms with Crippen LogP contribution in [0.15, 0.2) is 91.1 Å². The van der Waals surface area contributed by atoms with Crippen LogP contribution in [-0.4, -0.2) is 44.7 Å². The van der Waals surface area contributed by atoms with Crippen LogP contribution in [0.25, 0.3) is 27.4 Å². The molecule has 41 heavy (non-hydrogen) atoms. The molecule has 0 saturated carbocycles. The van der Waals surface area contributed by atoms with Gasteiger partial charge in [0.15, 0.2) is 0 Å². The third-order valence-electron chi connectivity index (χ3n) is 7.68. The molecule has 0 radical (unpaired) electrons. The maximum atomic E-state index is 14.1. The number of H-pyrrole nitrogens is 1. The number of nitrogens with one attached hydrogen (secondary N) is 2. The van der Waals surface area contributed by atoms with Crippen LogP contribution in [-0.2, 0) is 17.6 Å². The van der Waals surface area contributed by atoms with Crippen molar-refractivity contribution in [3.63, 3.8) is 0 Å². The second-order valence-electron chi connectivity index (χ2n) is 10.2. The molecule has 1 aliphatic heterocycles. The lowest BCUT2D eigenvalue weighted by atomic mass is 10.1. The number of rotatable bonds is 5. The Morgan fingerprint density at radius 3 is 2.63 bits per heavy atom. The van der Waals surface area contributed by atoms with Gasteiger partial charge < -0.3 is 14.8 Å². The van der Waals surface area contributed by atoms with Crippen LogP contribution >= 0.6 is 0 Å². The molecular formula is C32H25FN6O2. The molecule has 2 amide bonds. The first-order valence-corrected chi connectivity index (χ1v) is 13.3. The quantitative estimate of drug-likeness (QED) is 0.321. The second kappa shape index (κ2) is 9.71. The molecule has 202 valence electrons. The summed E-state index contributed by atoms with van der Waals surface area (Å²) in [7, 11) is 1.72. The molecule has 8 nitrogen and oxygen atoms in total. The third-order valence-corrected chi connectivity index (χ3v) is 7.68. The van der Waals surface area contributed by atoms with Crippen molar-refractivity contribution in [3.8, 4) is 5.69 Å². The highest BCUT2D eigenvalue weighted by Crippen LogP contribution is 2.37. The molecule has 3 heterocycles. The molecule has 7 rings (SSSR count). The number of likely N-dealkylation sites (N-methyl/N-ethyl adjacent to an activating group) is 1. The number of carbonyl (C=O) groups excluding carboxylic acids is 2. The minimum atomic E-state index is -0.833. The summed E-state index contributed by atoms with van der Waals surface area (Å²) in [5, 5.41) is 12.8. The minimum absolute atomic E-state index is 0.105. The largest absolute Gasteiger partial charge is 0.337 e. The Morgan fingerprint density at radius 1 is 1.00 bits per heavy atom. The smallest absolute Gasteiger partial charge is 0.291 e. The van der Waals surface area contributed by atoms with Gasteiger partial charge in [0.1, 0.15) is 17.7 Å². The average Bonchev–Trinajstić information content (AvgIpc) is 3.59. The average molecular weight is 545 g/mol. The summed E-state index contributed by atoms with van der Waals surface area (Å²) in [6.45, 7) is 0. The van der Waals surface area contributed by atoms with Crippen molar-refractivity contribution in [2.75, 3.05) is 11.9 Å². The highest BCUT2D eigenvalue weighted by atomic mass is 19.1. The van der Waals surface area contributed by atoms with Crippen LogP contribution in [0.3, 0.4) is 0 Å². The van der Waals surface area contributed by atoms with Crippen molar-refractivity contribution < 1.29 is 14.0 Å². The Labute approximate surface area is 234 Å². The molecule has 1 atom stereocenters. The molecule has 0 aliphatic carbocycles. The lowest BCUT2D eigenvalue weighted by Crippen LogP contribution is -2.48. The van der Waals surface area contributed by atoms with Gasteiger partial charge in [0.05, 0.1) is 16.9 Å². The van der Waals surface area contributed by atoms with E-state index in [0.29, 0.717) is 17.8 Å². The zero-order valence-electron chi connectivity index (χ0n) is 22.1. The molecule has 4 aromatic carbocycles. The summed E-state index contributed by atoms with van der Waals surface area (Å²) in [5.41, 5.74) is 4.18. The normalized spacial score (nSPS) is 14.9. The number of hydrogen-bond donors (Lipinski definition) is 2. The molecule has 0 saturated heterocycles. The Bertz CT molecular complexity index is 1970. The number of aromatic nitrogens is 4. The van der Waals surface area contributed by atoms with Gasteiger partial charge in [0.25, 0.3) is 5.91 Å². The fraction of sp³-hybridized carbons (Fsp3) is 0.125. The number of benzene rings is 4. The molecule has 0 unspecified atom stereocenters. The van der Waals surface area contributed by atoms with Crippen LogP contribution in [0, 0.1) is 5.82 Å². The lowest BCUT2D eigenvalue weighted by Gasteiger charge is -2.22. The lowest BCUT2D eigenvalue weighted by molar-refractivity contribution is -0.120. The summed E-state index contributed by atoms with van der Waals surface area (Å²) in [5.74, 6) is -0.925. The summed E-state index contributed by atoms with van der Waals surface area (Å²) >= 11 is 0. The zero-order chi connectivity index (χ0) is 28.1. The van der Waals surface area contributed by atoms with Crippen molar-refractivity contribution in [2.45, 2.75) is 18.9 Å². The molecule has 0 bridgehead atoms. The van der Waals surface area contributed by atoms with Gasteiger partial charge >= 0.3 is 0 Å². The first-order valence-electron chi connectivity index (χ1n) is 13.3. The zero-order valence-corrected chi connectivity index (χ0v) is 22.1. The van der Waals surface area contributed by atoms with E-state index in [1.165, 1.54) is 6.07 Å². The van der Waals surface area contributed by atoms with Crippen LogP contribution < -0.4 is 10.2 Å². The predicted molar refractivity (Wildman–Crippen MR) is 155 cm³/mol. The highest BCUT2D eigenvalue weighted by Gasteiger charge is 2.33. The predicted octanol–water partition coefficient (Wildman–Crippen LogP) is 4.95. The van der Waals surface area contributed by atoms with Gasteiger partial charge in [-0.05, 0) is 40.8 Å². The fourth-order valence-corrected chi connectivity index (χ4v) is 5.69. The topological polar surface area (TPSA) is 95.9 Å². The Hall–Kier alpha value is -5.31. The number of amides is 2. The van der Waals surface area contributed by atoms with E-state index in [1.54, 1.807) is 30.1 Å². The number of carbonyl (C=O) groups is 2. The molecule has 9 heteroatoms. The summed E-state index contributed by atoms with van der Waals surface area (Å²) < 4.78 is 16.2. The molecule has 0 spiro atoms. The van der Waals surface area contributed by atoms with Crippen LogP contribution in [0.4, 0.5) is 10.1 Å². The maximum Gasteiger partial charge on any atom is 0.291 e. The van der Waals surface area contributed by atoms with E-state index in [0.717, 1.165) is 38.6 Å². The fourth-order valence-electron chi connectivity index (χ4n) is 5.69. The van der Waals surface area contributed by atoms with Gasteiger partial charge in [-0.3, -0.25) is 14.7 Å². The number of anilines is 1. The minimum Gasteiger partial charge on any atom is -0.337 e.